The number of hydrogen-bond acceptors (Lipinski definition) is 4. The maximum absolute atomic E-state index is 12.3. The number of rotatable bonds is 2. The van der Waals surface area contributed by atoms with Gasteiger partial charge in [0, 0.05) is 5.56 Å². The monoisotopic (exact) mass is 286 g/mol. The van der Waals surface area contributed by atoms with Gasteiger partial charge in [-0.3, -0.25) is 14.7 Å². The topological polar surface area (TPSA) is 96.1 Å². The van der Waals surface area contributed by atoms with Crippen LogP contribution in [0, 0.1) is 13.8 Å². The minimum absolute atomic E-state index is 0.0436. The molecule has 2 aromatic rings. The molecule has 7 heteroatoms. The normalized spacial score (nSPS) is 13.1. The lowest BCUT2D eigenvalue weighted by Gasteiger charge is -2.18. The Kier molecular flexibility index (Phi) is 3.09. The second kappa shape index (κ2) is 4.93. The third-order valence-corrected chi connectivity index (χ3v) is 3.24. The Morgan fingerprint density at radius 2 is 2.19 bits per heavy atom. The van der Waals surface area contributed by atoms with Gasteiger partial charge in [0.2, 0.25) is 0 Å². The van der Waals surface area contributed by atoms with Crippen LogP contribution in [-0.4, -0.2) is 28.6 Å². The summed E-state index contributed by atoms with van der Waals surface area (Å²) in [5, 5.41) is 12.3. The van der Waals surface area contributed by atoms with E-state index in [4.69, 9.17) is 4.74 Å². The van der Waals surface area contributed by atoms with Gasteiger partial charge in [-0.1, -0.05) is 0 Å². The van der Waals surface area contributed by atoms with Gasteiger partial charge in [-0.15, -0.1) is 0 Å². The lowest BCUT2D eigenvalue weighted by Crippen LogP contribution is -2.25. The van der Waals surface area contributed by atoms with E-state index < -0.39 is 0 Å². The molecular formula is C14H14N4O3. The minimum atomic E-state index is -0.258. The van der Waals surface area contributed by atoms with Gasteiger partial charge in [-0.25, -0.2) is 0 Å². The van der Waals surface area contributed by atoms with Crippen molar-refractivity contribution < 1.29 is 14.3 Å². The third-order valence-electron chi connectivity index (χ3n) is 3.24. The number of carbonyl (C=O) groups excluding carboxylic acids is 2. The predicted molar refractivity (Wildman–Crippen MR) is 76.6 cm³/mol. The van der Waals surface area contributed by atoms with Crippen molar-refractivity contribution in [3.05, 3.63) is 35.2 Å². The number of anilines is 2. The number of aromatic nitrogens is 2. The van der Waals surface area contributed by atoms with E-state index in [1.165, 1.54) is 0 Å². The molecule has 0 fully saturated rings. The van der Waals surface area contributed by atoms with Crippen LogP contribution in [0.15, 0.2) is 18.2 Å². The number of fused-ring (bicyclic) bond motifs is 1. The summed E-state index contributed by atoms with van der Waals surface area (Å²) in [6, 6.07) is 4.89. The van der Waals surface area contributed by atoms with Crippen LogP contribution >= 0.6 is 0 Å². The number of aryl methyl sites for hydroxylation is 2. The predicted octanol–water partition coefficient (Wildman–Crippen LogP) is 1.61. The molecule has 21 heavy (non-hydrogen) atoms. The van der Waals surface area contributed by atoms with E-state index in [1.807, 2.05) is 13.8 Å². The number of H-pyrrole nitrogens is 1. The summed E-state index contributed by atoms with van der Waals surface area (Å²) in [5.74, 6) is 0.0261. The highest BCUT2D eigenvalue weighted by Gasteiger charge is 2.18. The summed E-state index contributed by atoms with van der Waals surface area (Å²) >= 11 is 0. The van der Waals surface area contributed by atoms with Gasteiger partial charge in [-0.05, 0) is 32.0 Å². The Bertz CT molecular complexity index is 716. The second-order valence-corrected chi connectivity index (χ2v) is 4.81. The Morgan fingerprint density at radius 3 is 2.90 bits per heavy atom. The molecule has 0 atom stereocenters. The second-order valence-electron chi connectivity index (χ2n) is 4.81. The third kappa shape index (κ3) is 2.45. The lowest BCUT2D eigenvalue weighted by atomic mass is 10.1. The fourth-order valence-corrected chi connectivity index (χ4v) is 2.14. The van der Waals surface area contributed by atoms with E-state index in [9.17, 15) is 9.59 Å². The molecule has 0 aliphatic carbocycles. The number of aromatic amines is 1. The zero-order valence-electron chi connectivity index (χ0n) is 11.6. The number of ether oxygens (including phenoxy) is 1. The minimum Gasteiger partial charge on any atom is -0.482 e. The Labute approximate surface area is 120 Å². The SMILES string of the molecule is Cc1n[nH]c(C)c1NC(=O)c1ccc2c(c1)OCC(=O)N2. The number of benzene rings is 1. The van der Waals surface area contributed by atoms with Crippen molar-refractivity contribution in [2.45, 2.75) is 13.8 Å². The van der Waals surface area contributed by atoms with Crippen molar-refractivity contribution in [1.29, 1.82) is 0 Å². The van der Waals surface area contributed by atoms with Crippen LogP contribution in [0.25, 0.3) is 0 Å². The molecule has 2 amide bonds. The number of carbonyl (C=O) groups is 2. The van der Waals surface area contributed by atoms with Crippen LogP contribution in [0.4, 0.5) is 11.4 Å². The summed E-state index contributed by atoms with van der Waals surface area (Å²) in [7, 11) is 0. The molecule has 0 bridgehead atoms. The zero-order valence-corrected chi connectivity index (χ0v) is 11.6. The molecule has 1 aromatic carbocycles. The van der Waals surface area contributed by atoms with E-state index in [1.54, 1.807) is 18.2 Å². The molecule has 108 valence electrons. The van der Waals surface area contributed by atoms with E-state index >= 15 is 0 Å². The quantitative estimate of drug-likeness (QED) is 0.781. The summed E-state index contributed by atoms with van der Waals surface area (Å²) in [6.07, 6.45) is 0. The first-order valence-electron chi connectivity index (χ1n) is 6.44. The van der Waals surface area contributed by atoms with E-state index in [2.05, 4.69) is 20.8 Å². The maximum Gasteiger partial charge on any atom is 0.262 e. The van der Waals surface area contributed by atoms with Crippen molar-refractivity contribution in [3.8, 4) is 5.75 Å². The van der Waals surface area contributed by atoms with Crippen LogP contribution in [0.1, 0.15) is 21.7 Å². The number of nitrogens with one attached hydrogen (secondary N) is 3. The Hall–Kier alpha value is -2.83. The van der Waals surface area contributed by atoms with Gasteiger partial charge in [0.15, 0.2) is 6.61 Å². The molecule has 3 rings (SSSR count). The van der Waals surface area contributed by atoms with Crippen LogP contribution in [0.5, 0.6) is 5.75 Å². The van der Waals surface area contributed by atoms with Crippen LogP contribution in [-0.2, 0) is 4.79 Å². The summed E-state index contributed by atoms with van der Waals surface area (Å²) in [5.41, 5.74) is 3.21. The lowest BCUT2D eigenvalue weighted by molar-refractivity contribution is -0.118. The van der Waals surface area contributed by atoms with Gasteiger partial charge < -0.3 is 15.4 Å². The van der Waals surface area contributed by atoms with Gasteiger partial charge in [-0.2, -0.15) is 5.10 Å². The number of nitrogens with zero attached hydrogens (tertiary/aromatic N) is 1. The smallest absolute Gasteiger partial charge is 0.262 e. The highest BCUT2D eigenvalue weighted by Crippen LogP contribution is 2.29. The Morgan fingerprint density at radius 1 is 1.38 bits per heavy atom. The molecule has 0 spiro atoms. The van der Waals surface area contributed by atoms with Crippen molar-refractivity contribution in [3.63, 3.8) is 0 Å². The number of amides is 2. The molecule has 1 aliphatic rings. The largest absolute Gasteiger partial charge is 0.482 e. The highest BCUT2D eigenvalue weighted by atomic mass is 16.5. The first-order chi connectivity index (χ1) is 10.0. The van der Waals surface area contributed by atoms with Crippen molar-refractivity contribution in [1.82, 2.24) is 10.2 Å². The van der Waals surface area contributed by atoms with Gasteiger partial charge in [0.25, 0.3) is 11.8 Å². The molecule has 0 saturated heterocycles. The molecule has 3 N–H and O–H groups in total. The van der Waals surface area contributed by atoms with E-state index in [0.717, 1.165) is 11.4 Å². The average molecular weight is 286 g/mol. The van der Waals surface area contributed by atoms with Crippen molar-refractivity contribution >= 4 is 23.2 Å². The summed E-state index contributed by atoms with van der Waals surface area (Å²) < 4.78 is 5.30. The molecular weight excluding hydrogens is 272 g/mol. The summed E-state index contributed by atoms with van der Waals surface area (Å²) in [6.45, 7) is 3.60. The molecule has 0 unspecified atom stereocenters. The molecule has 0 saturated carbocycles. The highest BCUT2D eigenvalue weighted by molar-refractivity contribution is 6.06. The van der Waals surface area contributed by atoms with Crippen LogP contribution < -0.4 is 15.4 Å². The van der Waals surface area contributed by atoms with Crippen LogP contribution in [0.3, 0.4) is 0 Å². The van der Waals surface area contributed by atoms with Crippen molar-refractivity contribution in [2.24, 2.45) is 0 Å². The van der Waals surface area contributed by atoms with Crippen molar-refractivity contribution in [2.75, 3.05) is 17.2 Å². The standard InChI is InChI=1S/C14H14N4O3/c1-7-13(8(2)18-17-7)16-14(20)9-3-4-10-11(5-9)21-6-12(19)15-10/h3-5H,6H2,1-2H3,(H,15,19)(H,16,20)(H,17,18). The fourth-order valence-electron chi connectivity index (χ4n) is 2.14. The first kappa shape index (κ1) is 13.2. The summed E-state index contributed by atoms with van der Waals surface area (Å²) in [4.78, 5) is 23.5. The molecule has 1 aromatic heterocycles. The van der Waals surface area contributed by atoms with Gasteiger partial charge >= 0.3 is 0 Å². The molecule has 7 nitrogen and oxygen atoms in total. The van der Waals surface area contributed by atoms with Gasteiger partial charge in [0.1, 0.15) is 5.75 Å². The van der Waals surface area contributed by atoms with E-state index in [0.29, 0.717) is 22.7 Å². The number of hydrogen-bond donors (Lipinski definition) is 3. The first-order valence-corrected chi connectivity index (χ1v) is 6.44. The molecule has 2 heterocycles. The maximum atomic E-state index is 12.3. The molecule has 1 aliphatic heterocycles. The fraction of sp³-hybridized carbons (Fsp3) is 0.214. The average Bonchev–Trinajstić information content (AvgIpc) is 2.78. The van der Waals surface area contributed by atoms with E-state index in [-0.39, 0.29) is 18.4 Å². The zero-order chi connectivity index (χ0) is 15.0. The van der Waals surface area contributed by atoms with Crippen LogP contribution in [0.2, 0.25) is 0 Å². The van der Waals surface area contributed by atoms with Gasteiger partial charge in [0.05, 0.1) is 22.8 Å². The Balaban J connectivity index is 1.84. The molecule has 0 radical (unpaired) electrons.